The van der Waals surface area contributed by atoms with E-state index in [1.54, 1.807) is 6.07 Å². The molecule has 244 valence electrons. The van der Waals surface area contributed by atoms with Crippen LogP contribution in [0.5, 0.6) is 0 Å². The van der Waals surface area contributed by atoms with E-state index in [4.69, 9.17) is 16.3 Å². The van der Waals surface area contributed by atoms with E-state index in [1.807, 2.05) is 45.1 Å². The molecule has 12 nitrogen and oxygen atoms in total. The fourth-order valence-electron chi connectivity index (χ4n) is 6.41. The number of rotatable bonds is 3. The molecule has 1 aliphatic carbocycles. The molecule has 5 amide bonds. The SMILES string of the molecule is CC(C)(C)NC(=O)N[C@H]1CCCCC/C=C\[C@H]2C[C@@]2(C(=O)O)NC(=O)[C@@H]2C[C@@H](OC(=O)N3Cc4cccc(Cl)c4C3)CN2C1=O. The molecule has 1 aromatic rings. The number of aliphatic carboxylic acids is 1. The van der Waals surface area contributed by atoms with Crippen LogP contribution < -0.4 is 16.0 Å². The zero-order valence-corrected chi connectivity index (χ0v) is 26.7. The normalized spacial score (nSPS) is 29.2. The Morgan fingerprint density at radius 1 is 1.13 bits per heavy atom. The minimum Gasteiger partial charge on any atom is -0.479 e. The minimum absolute atomic E-state index is 0.0119. The molecule has 1 saturated heterocycles. The van der Waals surface area contributed by atoms with Crippen LogP contribution in [0.25, 0.3) is 0 Å². The molecule has 5 atom stereocenters. The Morgan fingerprint density at radius 3 is 2.62 bits per heavy atom. The van der Waals surface area contributed by atoms with Crippen LogP contribution >= 0.6 is 11.6 Å². The average Bonchev–Trinajstić information content (AvgIpc) is 3.27. The highest BCUT2D eigenvalue weighted by atomic mass is 35.5. The number of carboxylic acids is 1. The number of nitrogens with one attached hydrogen (secondary N) is 3. The summed E-state index contributed by atoms with van der Waals surface area (Å²) >= 11 is 6.32. The third-order valence-electron chi connectivity index (χ3n) is 8.87. The number of allylic oxidation sites excluding steroid dienone is 1. The molecule has 1 saturated carbocycles. The van der Waals surface area contributed by atoms with Gasteiger partial charge in [-0.25, -0.2) is 14.4 Å². The van der Waals surface area contributed by atoms with Gasteiger partial charge in [-0.1, -0.05) is 48.7 Å². The summed E-state index contributed by atoms with van der Waals surface area (Å²) in [6.07, 6.45) is 5.99. The predicted molar refractivity (Wildman–Crippen MR) is 165 cm³/mol. The van der Waals surface area contributed by atoms with Crippen LogP contribution in [0.4, 0.5) is 9.59 Å². The number of urea groups is 1. The average molecular weight is 644 g/mol. The first-order valence-electron chi connectivity index (χ1n) is 15.6. The van der Waals surface area contributed by atoms with Crippen molar-refractivity contribution in [2.45, 2.75) is 108 Å². The van der Waals surface area contributed by atoms with Gasteiger partial charge in [0.05, 0.1) is 13.1 Å². The molecule has 0 radical (unpaired) electrons. The topological polar surface area (TPSA) is 157 Å². The lowest BCUT2D eigenvalue weighted by Crippen LogP contribution is -2.58. The second-order valence-electron chi connectivity index (χ2n) is 13.5. The van der Waals surface area contributed by atoms with Gasteiger partial charge in [-0.2, -0.15) is 0 Å². The molecule has 45 heavy (non-hydrogen) atoms. The number of hydrogen-bond acceptors (Lipinski definition) is 6. The Labute approximate surface area is 267 Å². The first-order valence-corrected chi connectivity index (χ1v) is 16.0. The quantitative estimate of drug-likeness (QED) is 0.366. The number of fused-ring (bicyclic) bond motifs is 3. The number of carbonyl (C=O) groups is 5. The molecule has 2 fully saturated rings. The summed E-state index contributed by atoms with van der Waals surface area (Å²) in [7, 11) is 0. The molecule has 3 heterocycles. The van der Waals surface area contributed by atoms with Gasteiger partial charge in [0.15, 0.2) is 0 Å². The van der Waals surface area contributed by atoms with Crippen molar-refractivity contribution in [1.29, 1.82) is 0 Å². The van der Waals surface area contributed by atoms with Crippen molar-refractivity contribution in [2.75, 3.05) is 6.54 Å². The maximum atomic E-state index is 14.1. The Balaban J connectivity index is 1.37. The Hall–Kier alpha value is -3.80. The highest BCUT2D eigenvalue weighted by molar-refractivity contribution is 6.31. The van der Waals surface area contributed by atoms with E-state index in [-0.39, 0.29) is 31.8 Å². The van der Waals surface area contributed by atoms with Gasteiger partial charge in [-0.3, -0.25) is 14.5 Å². The van der Waals surface area contributed by atoms with E-state index >= 15 is 0 Å². The van der Waals surface area contributed by atoms with Crippen LogP contribution in [0, 0.1) is 5.92 Å². The lowest BCUT2D eigenvalue weighted by molar-refractivity contribution is -0.145. The fourth-order valence-corrected chi connectivity index (χ4v) is 6.66. The van der Waals surface area contributed by atoms with Crippen LogP contribution in [-0.2, 0) is 32.2 Å². The van der Waals surface area contributed by atoms with Crippen LogP contribution in [0.15, 0.2) is 30.4 Å². The summed E-state index contributed by atoms with van der Waals surface area (Å²) < 4.78 is 5.84. The van der Waals surface area contributed by atoms with E-state index < -0.39 is 59.2 Å². The van der Waals surface area contributed by atoms with Gasteiger partial charge >= 0.3 is 18.1 Å². The number of carbonyl (C=O) groups excluding carboxylic acids is 4. The first kappa shape index (κ1) is 32.6. The van der Waals surface area contributed by atoms with Crippen LogP contribution in [0.1, 0.15) is 76.8 Å². The summed E-state index contributed by atoms with van der Waals surface area (Å²) in [5, 5.41) is 18.9. The van der Waals surface area contributed by atoms with E-state index in [2.05, 4.69) is 16.0 Å². The number of benzene rings is 1. The highest BCUT2D eigenvalue weighted by Crippen LogP contribution is 2.45. The van der Waals surface area contributed by atoms with Crippen LogP contribution in [-0.4, -0.2) is 80.6 Å². The molecule has 4 aliphatic rings. The number of hydrogen-bond donors (Lipinski definition) is 4. The molecule has 3 aliphatic heterocycles. The molecule has 5 rings (SSSR count). The molecule has 0 spiro atoms. The number of halogens is 1. The lowest BCUT2D eigenvalue weighted by Gasteiger charge is -2.30. The molecule has 13 heteroatoms. The number of carboxylic acid groups (broad SMARTS) is 1. The van der Waals surface area contributed by atoms with E-state index in [0.29, 0.717) is 24.4 Å². The molecule has 0 bridgehead atoms. The zero-order valence-electron chi connectivity index (χ0n) is 25.9. The van der Waals surface area contributed by atoms with Crippen molar-refractivity contribution in [1.82, 2.24) is 25.8 Å². The van der Waals surface area contributed by atoms with Gasteiger partial charge in [-0.05, 0) is 63.6 Å². The highest BCUT2D eigenvalue weighted by Gasteiger charge is 2.61. The van der Waals surface area contributed by atoms with E-state index in [9.17, 15) is 29.1 Å². The molecule has 0 aromatic heterocycles. The molecule has 1 aromatic carbocycles. The van der Waals surface area contributed by atoms with Crippen molar-refractivity contribution < 1.29 is 33.8 Å². The first-order chi connectivity index (χ1) is 21.3. The maximum absolute atomic E-state index is 14.1. The van der Waals surface area contributed by atoms with E-state index in [1.165, 1.54) is 9.80 Å². The van der Waals surface area contributed by atoms with Gasteiger partial charge in [0.1, 0.15) is 23.7 Å². The van der Waals surface area contributed by atoms with Crippen LogP contribution in [0.2, 0.25) is 5.02 Å². The minimum atomic E-state index is -1.46. The summed E-state index contributed by atoms with van der Waals surface area (Å²) in [5.74, 6) is -2.61. The Bertz CT molecular complexity index is 1390. The second kappa shape index (κ2) is 12.9. The van der Waals surface area contributed by atoms with Crippen molar-refractivity contribution in [3.05, 3.63) is 46.5 Å². The Kier molecular flexibility index (Phi) is 9.34. The lowest BCUT2D eigenvalue weighted by atomic mass is 10.0. The fraction of sp³-hybridized carbons (Fsp3) is 0.594. The van der Waals surface area contributed by atoms with Gasteiger partial charge in [0.2, 0.25) is 11.8 Å². The predicted octanol–water partition coefficient (Wildman–Crippen LogP) is 3.71. The number of nitrogens with zero attached hydrogens (tertiary/aromatic N) is 2. The van der Waals surface area contributed by atoms with Crippen molar-refractivity contribution in [2.24, 2.45) is 5.92 Å². The second-order valence-corrected chi connectivity index (χ2v) is 13.9. The maximum Gasteiger partial charge on any atom is 0.410 e. The monoisotopic (exact) mass is 643 g/mol. The summed E-state index contributed by atoms with van der Waals surface area (Å²) in [6, 6.07) is 2.93. The van der Waals surface area contributed by atoms with Crippen LogP contribution in [0.3, 0.4) is 0 Å². The van der Waals surface area contributed by atoms with Gasteiger partial charge in [-0.15, -0.1) is 0 Å². The molecular weight excluding hydrogens is 602 g/mol. The zero-order chi connectivity index (χ0) is 32.5. The van der Waals surface area contributed by atoms with Gasteiger partial charge in [0.25, 0.3) is 0 Å². The third kappa shape index (κ3) is 7.37. The number of ether oxygens (including phenoxy) is 1. The smallest absolute Gasteiger partial charge is 0.410 e. The standard InChI is InChI=1S/C32H42ClN5O7/c1-31(2,3)36-29(43)34-24-13-8-6-4-5-7-11-20-15-32(20,28(41)42)35-26(39)25-14-21(17-38(25)27(24)40)45-30(44)37-16-19-10-9-12-23(33)22(19)18-37/h7,9-12,20-21,24-25H,4-6,8,13-18H2,1-3H3,(H,35,39)(H,41,42)(H2,34,36,43)/b11-7-/t20-,21+,24-,25-,32+/m0/s1. The number of amides is 5. The summed E-state index contributed by atoms with van der Waals surface area (Å²) in [5.41, 5.74) is -0.232. The summed E-state index contributed by atoms with van der Waals surface area (Å²) in [4.78, 5) is 69.1. The van der Waals surface area contributed by atoms with Gasteiger partial charge < -0.3 is 30.7 Å². The van der Waals surface area contributed by atoms with Crippen molar-refractivity contribution in [3.63, 3.8) is 0 Å². The Morgan fingerprint density at radius 2 is 1.91 bits per heavy atom. The third-order valence-corrected chi connectivity index (χ3v) is 9.22. The molecular formula is C32H42ClN5O7. The van der Waals surface area contributed by atoms with E-state index in [0.717, 1.165) is 30.4 Å². The van der Waals surface area contributed by atoms with Gasteiger partial charge in [0, 0.05) is 29.4 Å². The summed E-state index contributed by atoms with van der Waals surface area (Å²) in [6.45, 7) is 6.00. The van der Waals surface area contributed by atoms with Crippen molar-refractivity contribution >= 4 is 41.5 Å². The molecule has 0 unspecified atom stereocenters. The largest absolute Gasteiger partial charge is 0.479 e. The van der Waals surface area contributed by atoms with Crippen molar-refractivity contribution in [3.8, 4) is 0 Å². The molecule has 4 N–H and O–H groups in total.